The number of H-pyrrole nitrogens is 2. The summed E-state index contributed by atoms with van der Waals surface area (Å²) in [4.78, 5) is 28.3. The minimum absolute atomic E-state index is 0.216. The fourth-order valence-corrected chi connectivity index (χ4v) is 6.17. The molecule has 0 atom stereocenters. The maximum Gasteiger partial charge on any atom is 0.278 e. The van der Waals surface area contributed by atoms with Crippen LogP contribution in [0.2, 0.25) is 0 Å². The summed E-state index contributed by atoms with van der Waals surface area (Å²) < 4.78 is 2.68. The quantitative estimate of drug-likeness (QED) is 0.398. The highest BCUT2D eigenvalue weighted by Gasteiger charge is 2.26. The number of rotatable bonds is 6. The number of aromatic nitrogens is 5. The molecule has 13 heteroatoms. The molecule has 0 radical (unpaired) electrons. The molecule has 3 aromatic heterocycles. The third-order valence-electron chi connectivity index (χ3n) is 6.28. The molecule has 0 spiro atoms. The van der Waals surface area contributed by atoms with E-state index in [1.54, 1.807) is 11.8 Å². The van der Waals surface area contributed by atoms with E-state index < -0.39 is 0 Å². The van der Waals surface area contributed by atoms with E-state index in [1.165, 1.54) is 11.5 Å². The van der Waals surface area contributed by atoms with Crippen molar-refractivity contribution in [2.24, 2.45) is 0 Å². The zero-order valence-corrected chi connectivity index (χ0v) is 23.4. The predicted molar refractivity (Wildman–Crippen MR) is 150 cm³/mol. The van der Waals surface area contributed by atoms with Crippen LogP contribution in [-0.4, -0.2) is 81.0 Å². The molecule has 5 heterocycles. The molecule has 0 amide bonds. The lowest BCUT2D eigenvalue weighted by Gasteiger charge is -2.34. The van der Waals surface area contributed by atoms with Crippen LogP contribution in [0.5, 0.6) is 0 Å². The lowest BCUT2D eigenvalue weighted by Crippen LogP contribution is -2.44. The van der Waals surface area contributed by atoms with Gasteiger partial charge in [0.25, 0.3) is 5.56 Å². The molecule has 0 aromatic carbocycles. The highest BCUT2D eigenvalue weighted by Crippen LogP contribution is 2.34. The Morgan fingerprint density at radius 3 is 2.46 bits per heavy atom. The fourth-order valence-electron chi connectivity index (χ4n) is 4.28. The van der Waals surface area contributed by atoms with Gasteiger partial charge in [-0.25, -0.2) is 9.97 Å². The second-order valence-corrected chi connectivity index (χ2v) is 10.9. The average molecular weight is 543 g/mol. The molecule has 11 nitrogen and oxygen atoms in total. The Bertz CT molecular complexity index is 1260. The van der Waals surface area contributed by atoms with Crippen molar-refractivity contribution in [1.82, 2.24) is 29.4 Å². The van der Waals surface area contributed by atoms with E-state index in [9.17, 15) is 10.1 Å². The molecule has 0 unspecified atom stereocenters. The number of anilines is 4. The van der Waals surface area contributed by atoms with Crippen molar-refractivity contribution >= 4 is 45.7 Å². The van der Waals surface area contributed by atoms with Crippen molar-refractivity contribution in [3.8, 4) is 6.07 Å². The number of hydrogen-bond donors (Lipinski definition) is 3. The zero-order valence-electron chi connectivity index (χ0n) is 21.7. The van der Waals surface area contributed by atoms with Gasteiger partial charge >= 0.3 is 0 Å². The molecule has 37 heavy (non-hydrogen) atoms. The number of likely N-dealkylation sites (N-methyl/N-ethyl adjacent to an activating group) is 1. The van der Waals surface area contributed by atoms with Crippen LogP contribution in [0.4, 0.5) is 22.5 Å². The van der Waals surface area contributed by atoms with Crippen molar-refractivity contribution in [2.45, 2.75) is 44.0 Å². The summed E-state index contributed by atoms with van der Waals surface area (Å²) in [6, 6.07) is 5.99. The largest absolute Gasteiger partial charge is 0.361 e. The first-order chi connectivity index (χ1) is 18.0. The standard InChI is InChI=1S/C22H28N10OS2.C2H6/c1-14-11-18(28-27-14)24-17-12-19(31-9-7-30(2)8-10-31)26-22(25-17)34-15-3-5-32(6-4-15)21-16(13-23)20(33)29-35-21;1-2/h11-12,15H,3-10H2,1-2H3,(H,29,33)(H2,24,25,26,27,28);1-2H3. The molecular formula is C24H34N10OS2. The number of thioether (sulfide) groups is 1. The zero-order chi connectivity index (χ0) is 26.4. The third-order valence-corrected chi connectivity index (χ3v) is 8.42. The van der Waals surface area contributed by atoms with Crippen LogP contribution < -0.4 is 20.7 Å². The molecule has 5 rings (SSSR count). The summed E-state index contributed by atoms with van der Waals surface area (Å²) in [5.74, 6) is 2.39. The van der Waals surface area contributed by atoms with E-state index in [1.807, 2.05) is 39.0 Å². The molecule has 0 bridgehead atoms. The molecule has 0 aliphatic carbocycles. The Morgan fingerprint density at radius 2 is 1.81 bits per heavy atom. The first kappa shape index (κ1) is 27.0. The minimum Gasteiger partial charge on any atom is -0.361 e. The highest BCUT2D eigenvalue weighted by molar-refractivity contribution is 7.99. The number of hydrogen-bond acceptors (Lipinski definition) is 11. The van der Waals surface area contributed by atoms with Gasteiger partial charge in [0.1, 0.15) is 22.7 Å². The topological polar surface area (TPSA) is 133 Å². The van der Waals surface area contributed by atoms with E-state index in [0.29, 0.717) is 5.25 Å². The summed E-state index contributed by atoms with van der Waals surface area (Å²) in [7, 11) is 2.14. The maximum absolute atomic E-state index is 11.8. The van der Waals surface area contributed by atoms with Gasteiger partial charge in [-0.3, -0.25) is 14.3 Å². The number of nitrogens with zero attached hydrogens (tertiary/aromatic N) is 7. The van der Waals surface area contributed by atoms with Gasteiger partial charge in [-0.05, 0) is 38.3 Å². The summed E-state index contributed by atoms with van der Waals surface area (Å²) in [6.07, 6.45) is 1.84. The molecule has 2 fully saturated rings. The first-order valence-electron chi connectivity index (χ1n) is 12.6. The van der Waals surface area contributed by atoms with E-state index in [4.69, 9.17) is 9.97 Å². The lowest BCUT2D eigenvalue weighted by molar-refractivity contribution is 0.312. The summed E-state index contributed by atoms with van der Waals surface area (Å²) in [5.41, 5.74) is 0.896. The van der Waals surface area contributed by atoms with Crippen molar-refractivity contribution in [3.05, 3.63) is 33.7 Å². The molecule has 2 saturated heterocycles. The van der Waals surface area contributed by atoms with E-state index in [2.05, 4.69) is 41.6 Å². The summed E-state index contributed by atoms with van der Waals surface area (Å²) in [5, 5.41) is 21.7. The second kappa shape index (κ2) is 12.4. The Labute approximate surface area is 225 Å². The molecule has 2 aliphatic rings. The Hall–Kier alpha value is -3.08. The molecule has 3 aromatic rings. The van der Waals surface area contributed by atoms with E-state index in [-0.39, 0.29) is 11.1 Å². The predicted octanol–water partition coefficient (Wildman–Crippen LogP) is 3.41. The van der Waals surface area contributed by atoms with Gasteiger partial charge in [0.2, 0.25) is 0 Å². The third kappa shape index (κ3) is 6.63. The Morgan fingerprint density at radius 1 is 1.08 bits per heavy atom. The average Bonchev–Trinajstić information content (AvgIpc) is 3.50. The molecular weight excluding hydrogens is 508 g/mol. The van der Waals surface area contributed by atoms with Crippen molar-refractivity contribution in [2.75, 3.05) is 61.4 Å². The summed E-state index contributed by atoms with van der Waals surface area (Å²) in [6.45, 7) is 11.4. The fraction of sp³-hybridized carbons (Fsp3) is 0.542. The van der Waals surface area contributed by atoms with Crippen LogP contribution >= 0.6 is 23.3 Å². The first-order valence-corrected chi connectivity index (χ1v) is 14.3. The number of nitrogens with one attached hydrogen (secondary N) is 3. The SMILES string of the molecule is CC.Cc1cc(Nc2cc(N3CCN(C)CC3)nc(SC3CCN(c4s[nH]c(=O)c4C#N)CC3)n2)n[nH]1. The monoisotopic (exact) mass is 542 g/mol. The van der Waals surface area contributed by atoms with Gasteiger partial charge in [-0.1, -0.05) is 25.6 Å². The van der Waals surface area contributed by atoms with Crippen LogP contribution in [-0.2, 0) is 0 Å². The van der Waals surface area contributed by atoms with Crippen molar-refractivity contribution in [3.63, 3.8) is 0 Å². The van der Waals surface area contributed by atoms with Crippen LogP contribution in [0.1, 0.15) is 37.9 Å². The number of nitriles is 1. The van der Waals surface area contributed by atoms with Gasteiger partial charge in [0.05, 0.1) is 0 Å². The normalized spacial score (nSPS) is 16.7. The molecule has 198 valence electrons. The number of piperidine rings is 1. The van der Waals surface area contributed by atoms with Gasteiger partial charge in [0.15, 0.2) is 16.5 Å². The van der Waals surface area contributed by atoms with Gasteiger partial charge in [-0.15, -0.1) is 0 Å². The van der Waals surface area contributed by atoms with Crippen LogP contribution in [0.25, 0.3) is 0 Å². The molecule has 0 saturated carbocycles. The van der Waals surface area contributed by atoms with Crippen LogP contribution in [0.15, 0.2) is 22.1 Å². The van der Waals surface area contributed by atoms with Crippen molar-refractivity contribution in [1.29, 1.82) is 5.26 Å². The van der Waals surface area contributed by atoms with Gasteiger partial charge < -0.3 is 20.0 Å². The highest BCUT2D eigenvalue weighted by atomic mass is 32.2. The number of piperazine rings is 1. The van der Waals surface area contributed by atoms with Gasteiger partial charge in [0, 0.05) is 62.3 Å². The van der Waals surface area contributed by atoms with Gasteiger partial charge in [-0.2, -0.15) is 10.4 Å². The Balaban J connectivity index is 0.00000156. The lowest BCUT2D eigenvalue weighted by atomic mass is 10.1. The van der Waals surface area contributed by atoms with Crippen LogP contribution in [0, 0.1) is 18.3 Å². The van der Waals surface area contributed by atoms with Crippen LogP contribution in [0.3, 0.4) is 0 Å². The minimum atomic E-state index is -0.301. The second-order valence-electron chi connectivity index (χ2n) is 8.87. The number of aromatic amines is 2. The smallest absolute Gasteiger partial charge is 0.278 e. The number of aryl methyl sites for hydroxylation is 1. The van der Waals surface area contributed by atoms with Crippen molar-refractivity contribution < 1.29 is 0 Å². The summed E-state index contributed by atoms with van der Waals surface area (Å²) >= 11 is 2.94. The Kier molecular flexibility index (Phi) is 9.07. The van der Waals surface area contributed by atoms with E-state index >= 15 is 0 Å². The maximum atomic E-state index is 11.8. The molecule has 3 N–H and O–H groups in total. The molecule has 2 aliphatic heterocycles. The van der Waals surface area contributed by atoms with E-state index in [0.717, 1.165) is 85.4 Å².